The Labute approximate surface area is 137 Å². The van der Waals surface area contributed by atoms with E-state index in [-0.39, 0.29) is 22.5 Å². The Bertz CT molecular complexity index is 933. The number of rotatable bonds is 1. The van der Waals surface area contributed by atoms with Gasteiger partial charge >= 0.3 is 0 Å². The molecule has 116 valence electrons. The van der Waals surface area contributed by atoms with Gasteiger partial charge in [-0.15, -0.1) is 11.3 Å². The van der Waals surface area contributed by atoms with Gasteiger partial charge in [0.2, 0.25) is 0 Å². The summed E-state index contributed by atoms with van der Waals surface area (Å²) in [6, 6.07) is 1.99. The highest BCUT2D eigenvalue weighted by Gasteiger charge is 2.24. The van der Waals surface area contributed by atoms with Crippen LogP contribution in [0.15, 0.2) is 11.6 Å². The summed E-state index contributed by atoms with van der Waals surface area (Å²) >= 11 is 1.44. The topological polar surface area (TPSA) is 127 Å². The SMILES string of the molecule is CC(C)(C)c1nc(-c2nccs2)c2c(N)c(C#N)c(N)nc2n1. The Morgan fingerprint density at radius 3 is 2.48 bits per heavy atom. The standard InChI is InChI=1S/C15H15N7S/c1-15(2,3)14-20-10(13-19-4-5-23-13)8-9(17)7(6-16)11(18)21-12(8)22-14/h4-5H,1-3H3,(H4,17,18,20,21,22). The molecule has 3 rings (SSSR count). The van der Waals surface area contributed by atoms with E-state index in [1.807, 2.05) is 32.2 Å². The van der Waals surface area contributed by atoms with Crippen molar-refractivity contribution in [2.45, 2.75) is 26.2 Å². The number of hydrogen-bond acceptors (Lipinski definition) is 8. The molecule has 0 aromatic carbocycles. The highest BCUT2D eigenvalue weighted by molar-refractivity contribution is 7.13. The van der Waals surface area contributed by atoms with Crippen LogP contribution in [0.2, 0.25) is 0 Å². The van der Waals surface area contributed by atoms with Gasteiger partial charge < -0.3 is 11.5 Å². The quantitative estimate of drug-likeness (QED) is 0.703. The van der Waals surface area contributed by atoms with Gasteiger partial charge in [0.1, 0.15) is 34.0 Å². The minimum absolute atomic E-state index is 0.0705. The predicted octanol–water partition coefficient (Wildman–Crippen LogP) is 2.48. The average molecular weight is 325 g/mol. The Balaban J connectivity index is 2.49. The van der Waals surface area contributed by atoms with Crippen molar-refractivity contribution in [1.82, 2.24) is 19.9 Å². The molecule has 0 aliphatic heterocycles. The second-order valence-electron chi connectivity index (χ2n) is 6.08. The van der Waals surface area contributed by atoms with E-state index in [0.717, 1.165) is 0 Å². The first-order valence-corrected chi connectivity index (χ1v) is 7.78. The molecule has 0 aliphatic rings. The maximum Gasteiger partial charge on any atom is 0.168 e. The zero-order valence-corrected chi connectivity index (χ0v) is 13.8. The van der Waals surface area contributed by atoms with E-state index in [1.165, 1.54) is 11.3 Å². The number of pyridine rings is 1. The Morgan fingerprint density at radius 1 is 1.17 bits per heavy atom. The average Bonchev–Trinajstić information content (AvgIpc) is 2.99. The molecule has 0 saturated carbocycles. The van der Waals surface area contributed by atoms with Crippen molar-refractivity contribution in [2.75, 3.05) is 11.5 Å². The summed E-state index contributed by atoms with van der Waals surface area (Å²) in [5.74, 6) is 0.687. The lowest BCUT2D eigenvalue weighted by molar-refractivity contribution is 0.548. The van der Waals surface area contributed by atoms with Gasteiger partial charge in [0, 0.05) is 17.0 Å². The molecule has 0 unspecified atom stereocenters. The second-order valence-corrected chi connectivity index (χ2v) is 6.97. The number of hydrogen-bond donors (Lipinski definition) is 2. The Kier molecular flexibility index (Phi) is 3.38. The van der Waals surface area contributed by atoms with Crippen LogP contribution >= 0.6 is 11.3 Å². The molecule has 4 N–H and O–H groups in total. The number of aromatic nitrogens is 4. The van der Waals surface area contributed by atoms with Crippen molar-refractivity contribution in [1.29, 1.82) is 5.26 Å². The van der Waals surface area contributed by atoms with E-state index in [2.05, 4.69) is 19.9 Å². The van der Waals surface area contributed by atoms with Gasteiger partial charge in [-0.05, 0) is 0 Å². The van der Waals surface area contributed by atoms with E-state index >= 15 is 0 Å². The third-order valence-electron chi connectivity index (χ3n) is 3.33. The number of nitrogens with two attached hydrogens (primary N) is 2. The molecular weight excluding hydrogens is 310 g/mol. The lowest BCUT2D eigenvalue weighted by Gasteiger charge is -2.18. The molecule has 7 nitrogen and oxygen atoms in total. The van der Waals surface area contributed by atoms with Crippen LogP contribution in [0.25, 0.3) is 21.7 Å². The summed E-state index contributed by atoms with van der Waals surface area (Å²) in [6.07, 6.45) is 1.69. The highest BCUT2D eigenvalue weighted by Crippen LogP contribution is 2.35. The molecule has 0 spiro atoms. The fraction of sp³-hybridized carbons (Fsp3) is 0.267. The van der Waals surface area contributed by atoms with Crippen LogP contribution in [0.3, 0.4) is 0 Å². The molecule has 3 aromatic heterocycles. The van der Waals surface area contributed by atoms with Gasteiger partial charge in [0.15, 0.2) is 5.65 Å². The monoisotopic (exact) mass is 325 g/mol. The number of thiazole rings is 1. The molecule has 23 heavy (non-hydrogen) atoms. The van der Waals surface area contributed by atoms with Crippen LogP contribution in [0.4, 0.5) is 11.5 Å². The first-order chi connectivity index (χ1) is 10.8. The fourth-order valence-electron chi connectivity index (χ4n) is 2.16. The highest BCUT2D eigenvalue weighted by atomic mass is 32.1. The predicted molar refractivity (Wildman–Crippen MR) is 90.7 cm³/mol. The van der Waals surface area contributed by atoms with Crippen molar-refractivity contribution >= 4 is 33.9 Å². The van der Waals surface area contributed by atoms with E-state index in [1.54, 1.807) is 6.20 Å². The summed E-state index contributed by atoms with van der Waals surface area (Å²) in [6.45, 7) is 6.03. The van der Waals surface area contributed by atoms with Crippen LogP contribution in [0.1, 0.15) is 32.2 Å². The summed E-state index contributed by atoms with van der Waals surface area (Å²) in [4.78, 5) is 17.7. The Hall–Kier alpha value is -2.79. The van der Waals surface area contributed by atoms with Gasteiger partial charge in [-0.2, -0.15) is 5.26 Å². The molecule has 0 saturated heterocycles. The van der Waals surface area contributed by atoms with Crippen molar-refractivity contribution < 1.29 is 0 Å². The summed E-state index contributed by atoms with van der Waals surface area (Å²) in [7, 11) is 0. The third-order valence-corrected chi connectivity index (χ3v) is 4.11. The maximum absolute atomic E-state index is 9.26. The third kappa shape index (κ3) is 2.45. The lowest BCUT2D eigenvalue weighted by atomic mass is 9.95. The van der Waals surface area contributed by atoms with Crippen LogP contribution in [-0.2, 0) is 5.41 Å². The maximum atomic E-state index is 9.26. The zero-order valence-electron chi connectivity index (χ0n) is 13.0. The fourth-order valence-corrected chi connectivity index (χ4v) is 2.79. The van der Waals surface area contributed by atoms with Crippen LogP contribution in [0, 0.1) is 11.3 Å². The van der Waals surface area contributed by atoms with E-state index < -0.39 is 0 Å². The van der Waals surface area contributed by atoms with E-state index in [0.29, 0.717) is 27.6 Å². The van der Waals surface area contributed by atoms with Gasteiger partial charge in [0.25, 0.3) is 0 Å². The van der Waals surface area contributed by atoms with Crippen LogP contribution in [0.5, 0.6) is 0 Å². The minimum Gasteiger partial charge on any atom is -0.397 e. The second kappa shape index (κ2) is 5.14. The van der Waals surface area contributed by atoms with Crippen molar-refractivity contribution in [3.63, 3.8) is 0 Å². The number of nitriles is 1. The molecule has 3 aromatic rings. The molecule has 0 atom stereocenters. The first kappa shape index (κ1) is 15.1. The normalized spacial score (nSPS) is 11.6. The summed E-state index contributed by atoms with van der Waals surface area (Å²) in [5, 5.41) is 12.3. The summed E-state index contributed by atoms with van der Waals surface area (Å²) < 4.78 is 0. The molecular formula is C15H15N7S. The first-order valence-electron chi connectivity index (χ1n) is 6.90. The van der Waals surface area contributed by atoms with Gasteiger partial charge in [0.05, 0.1) is 11.1 Å². The molecule has 3 heterocycles. The number of nitrogen functional groups attached to an aromatic ring is 2. The van der Waals surface area contributed by atoms with Gasteiger partial charge in [-0.3, -0.25) is 0 Å². The number of fused-ring (bicyclic) bond motifs is 1. The minimum atomic E-state index is -0.278. The van der Waals surface area contributed by atoms with E-state index in [9.17, 15) is 5.26 Å². The molecule has 0 bridgehead atoms. The van der Waals surface area contributed by atoms with Crippen molar-refractivity contribution in [3.05, 3.63) is 23.0 Å². The summed E-state index contributed by atoms with van der Waals surface area (Å²) in [5.41, 5.74) is 13.0. The molecule has 0 aliphatic carbocycles. The van der Waals surface area contributed by atoms with Crippen LogP contribution < -0.4 is 11.5 Å². The van der Waals surface area contributed by atoms with Gasteiger partial charge in [-0.1, -0.05) is 20.8 Å². The molecule has 8 heteroatoms. The van der Waals surface area contributed by atoms with Crippen LogP contribution in [-0.4, -0.2) is 19.9 Å². The number of anilines is 2. The smallest absolute Gasteiger partial charge is 0.168 e. The van der Waals surface area contributed by atoms with Crippen molar-refractivity contribution in [3.8, 4) is 16.8 Å². The zero-order chi connectivity index (χ0) is 16.8. The largest absolute Gasteiger partial charge is 0.397 e. The van der Waals surface area contributed by atoms with Gasteiger partial charge in [-0.25, -0.2) is 19.9 Å². The Morgan fingerprint density at radius 2 is 1.91 bits per heavy atom. The molecule has 0 fully saturated rings. The van der Waals surface area contributed by atoms with Crippen molar-refractivity contribution in [2.24, 2.45) is 0 Å². The molecule has 0 radical (unpaired) electrons. The van der Waals surface area contributed by atoms with E-state index in [4.69, 9.17) is 11.5 Å². The molecule has 0 amide bonds. The number of nitrogens with zero attached hydrogens (tertiary/aromatic N) is 5. The lowest BCUT2D eigenvalue weighted by Crippen LogP contribution is -2.17.